The Hall–Kier alpha value is -2.28. The SMILES string of the molecule is [C-]#[N+]c1cc(C)c(-n2ccnc2-c2[c-]cc(F)cc2)c(C)c1.[Ir]. The van der Waals surface area contributed by atoms with Crippen LogP contribution >= 0.6 is 0 Å². The van der Waals surface area contributed by atoms with Gasteiger partial charge in [0.25, 0.3) is 0 Å². The van der Waals surface area contributed by atoms with Crippen molar-refractivity contribution < 1.29 is 24.5 Å². The number of nitrogens with zero attached hydrogens (tertiary/aromatic N) is 3. The van der Waals surface area contributed by atoms with Crippen molar-refractivity contribution in [3.8, 4) is 17.1 Å². The molecule has 0 atom stereocenters. The number of imidazole rings is 1. The Morgan fingerprint density at radius 1 is 1.22 bits per heavy atom. The van der Waals surface area contributed by atoms with Gasteiger partial charge in [-0.1, -0.05) is 12.1 Å². The fraction of sp³-hybridized carbons (Fsp3) is 0.111. The van der Waals surface area contributed by atoms with E-state index in [9.17, 15) is 4.39 Å². The third kappa shape index (κ3) is 3.24. The average Bonchev–Trinajstić information content (AvgIpc) is 2.96. The normalized spacial score (nSPS) is 10.0. The number of aryl methyl sites for hydroxylation is 2. The van der Waals surface area contributed by atoms with Crippen LogP contribution in [-0.2, 0) is 20.1 Å². The van der Waals surface area contributed by atoms with Crippen molar-refractivity contribution in [2.24, 2.45) is 0 Å². The smallest absolute Gasteiger partial charge is 0.187 e. The van der Waals surface area contributed by atoms with Crippen molar-refractivity contribution in [2.45, 2.75) is 13.8 Å². The summed E-state index contributed by atoms with van der Waals surface area (Å²) in [6.07, 6.45) is 3.56. The fourth-order valence-corrected chi connectivity index (χ4v) is 2.61. The maximum absolute atomic E-state index is 13.1. The molecular formula is C18H13FIrN3-. The molecule has 5 heteroatoms. The van der Waals surface area contributed by atoms with Crippen molar-refractivity contribution in [1.82, 2.24) is 9.55 Å². The molecule has 117 valence electrons. The Bertz CT molecular complexity index is 853. The van der Waals surface area contributed by atoms with Crippen LogP contribution in [0.15, 0.2) is 42.7 Å². The molecular weight excluding hydrogens is 469 g/mol. The predicted octanol–water partition coefficient (Wildman–Crippen LogP) is 4.64. The van der Waals surface area contributed by atoms with E-state index in [0.29, 0.717) is 11.5 Å². The van der Waals surface area contributed by atoms with Gasteiger partial charge in [-0.05, 0) is 25.0 Å². The summed E-state index contributed by atoms with van der Waals surface area (Å²) < 4.78 is 15.0. The molecule has 1 aromatic heterocycles. The number of hydrogen-bond donors (Lipinski definition) is 0. The first-order valence-corrected chi connectivity index (χ1v) is 6.80. The van der Waals surface area contributed by atoms with E-state index in [-0.39, 0.29) is 25.9 Å². The van der Waals surface area contributed by atoms with Crippen LogP contribution in [0, 0.1) is 32.3 Å². The van der Waals surface area contributed by atoms with E-state index in [1.807, 2.05) is 36.7 Å². The summed E-state index contributed by atoms with van der Waals surface area (Å²) in [4.78, 5) is 7.85. The molecule has 1 heterocycles. The first kappa shape index (κ1) is 17.1. The largest absolute Gasteiger partial charge is 0.340 e. The molecule has 0 N–H and O–H groups in total. The first-order valence-electron chi connectivity index (χ1n) is 6.80. The summed E-state index contributed by atoms with van der Waals surface area (Å²) in [5, 5.41) is 0. The van der Waals surface area contributed by atoms with Gasteiger partial charge in [-0.3, -0.25) is 9.37 Å². The molecule has 0 aliphatic carbocycles. The Balaban J connectivity index is 0.00000192. The van der Waals surface area contributed by atoms with E-state index < -0.39 is 0 Å². The number of benzene rings is 2. The van der Waals surface area contributed by atoms with Gasteiger partial charge in [-0.25, -0.2) is 4.85 Å². The first-order chi connectivity index (χ1) is 10.6. The van der Waals surface area contributed by atoms with Gasteiger partial charge in [0, 0.05) is 44.0 Å². The topological polar surface area (TPSA) is 22.2 Å². The third-order valence-corrected chi connectivity index (χ3v) is 3.50. The average molecular weight is 483 g/mol. The minimum Gasteiger partial charge on any atom is -0.340 e. The molecule has 2 aromatic carbocycles. The van der Waals surface area contributed by atoms with Gasteiger partial charge in [-0.2, -0.15) is 0 Å². The Morgan fingerprint density at radius 3 is 2.48 bits per heavy atom. The monoisotopic (exact) mass is 483 g/mol. The number of aromatic nitrogens is 2. The molecule has 0 fully saturated rings. The summed E-state index contributed by atoms with van der Waals surface area (Å²) in [6, 6.07) is 11.0. The van der Waals surface area contributed by atoms with E-state index in [2.05, 4.69) is 15.9 Å². The molecule has 3 nitrogen and oxygen atoms in total. The van der Waals surface area contributed by atoms with E-state index in [1.54, 1.807) is 12.3 Å². The Morgan fingerprint density at radius 2 is 1.91 bits per heavy atom. The van der Waals surface area contributed by atoms with Crippen molar-refractivity contribution in [1.29, 1.82) is 0 Å². The molecule has 0 bridgehead atoms. The van der Waals surface area contributed by atoms with Crippen molar-refractivity contribution in [3.63, 3.8) is 0 Å². The van der Waals surface area contributed by atoms with Crippen LogP contribution in [0.5, 0.6) is 0 Å². The zero-order chi connectivity index (χ0) is 15.7. The van der Waals surface area contributed by atoms with Gasteiger partial charge >= 0.3 is 0 Å². The molecule has 0 saturated carbocycles. The summed E-state index contributed by atoms with van der Waals surface area (Å²) in [5.74, 6) is 0.373. The Labute approximate surface area is 148 Å². The van der Waals surface area contributed by atoms with Crippen molar-refractivity contribution in [2.75, 3.05) is 0 Å². The van der Waals surface area contributed by atoms with Crippen LogP contribution in [0.3, 0.4) is 0 Å². The van der Waals surface area contributed by atoms with E-state index in [0.717, 1.165) is 22.4 Å². The molecule has 0 spiro atoms. The second-order valence-electron chi connectivity index (χ2n) is 5.08. The van der Waals surface area contributed by atoms with Crippen LogP contribution in [0.25, 0.3) is 21.9 Å². The molecule has 0 saturated heterocycles. The van der Waals surface area contributed by atoms with Crippen molar-refractivity contribution in [3.05, 3.63) is 77.2 Å². The number of rotatable bonds is 2. The molecule has 0 unspecified atom stereocenters. The summed E-state index contributed by atoms with van der Waals surface area (Å²) in [7, 11) is 0. The van der Waals surface area contributed by atoms with Gasteiger partial charge in [0.2, 0.25) is 0 Å². The molecule has 23 heavy (non-hydrogen) atoms. The molecule has 0 aliphatic heterocycles. The van der Waals surface area contributed by atoms with Gasteiger partial charge < -0.3 is 4.57 Å². The molecule has 0 amide bonds. The molecule has 3 aromatic rings. The molecule has 0 aliphatic rings. The van der Waals surface area contributed by atoms with Gasteiger partial charge in [0.15, 0.2) is 5.69 Å². The zero-order valence-corrected chi connectivity index (χ0v) is 15.0. The second-order valence-corrected chi connectivity index (χ2v) is 5.08. The third-order valence-electron chi connectivity index (χ3n) is 3.50. The standard InChI is InChI=1S/C18H13FN3.Ir/c1-12-10-16(20-3)11-13(2)17(12)22-9-8-21-18(22)14-4-6-15(19)7-5-14;/h4,6-11H,1-2H3;/q-1;. The van der Waals surface area contributed by atoms with E-state index >= 15 is 0 Å². The van der Waals surface area contributed by atoms with Crippen LogP contribution in [-0.4, -0.2) is 9.55 Å². The minimum absolute atomic E-state index is 0. The Kier molecular flexibility index (Phi) is 5.10. The summed E-state index contributed by atoms with van der Waals surface area (Å²) >= 11 is 0. The predicted molar refractivity (Wildman–Crippen MR) is 83.5 cm³/mol. The van der Waals surface area contributed by atoms with Crippen LogP contribution in [0.2, 0.25) is 0 Å². The number of hydrogen-bond acceptors (Lipinski definition) is 1. The maximum atomic E-state index is 13.1. The van der Waals surface area contributed by atoms with Crippen molar-refractivity contribution >= 4 is 5.69 Å². The fourth-order valence-electron chi connectivity index (χ4n) is 2.61. The molecule has 3 rings (SSSR count). The van der Waals surface area contributed by atoms with Gasteiger partial charge in [-0.15, -0.1) is 29.8 Å². The second kappa shape index (κ2) is 6.87. The van der Waals surface area contributed by atoms with E-state index in [4.69, 9.17) is 6.57 Å². The maximum Gasteiger partial charge on any atom is 0.187 e. The van der Waals surface area contributed by atoms with Crippen LogP contribution < -0.4 is 0 Å². The van der Waals surface area contributed by atoms with Gasteiger partial charge in [0.05, 0.1) is 12.4 Å². The zero-order valence-electron chi connectivity index (χ0n) is 12.6. The van der Waals surface area contributed by atoms with E-state index in [1.165, 1.54) is 12.1 Å². The van der Waals surface area contributed by atoms with Crippen LogP contribution in [0.1, 0.15) is 11.1 Å². The summed E-state index contributed by atoms with van der Waals surface area (Å²) in [6.45, 7) is 11.1. The van der Waals surface area contributed by atoms with Crippen LogP contribution in [0.4, 0.5) is 10.1 Å². The molecule has 1 radical (unpaired) electrons. The minimum atomic E-state index is -0.323. The quantitative estimate of drug-likeness (QED) is 0.488. The van der Waals surface area contributed by atoms with Gasteiger partial charge in [0.1, 0.15) is 0 Å². The number of halogens is 1. The summed E-state index contributed by atoms with van der Waals surface area (Å²) in [5.41, 5.74) is 4.31.